The van der Waals surface area contributed by atoms with Crippen LogP contribution in [0.1, 0.15) is 31.0 Å². The van der Waals surface area contributed by atoms with Crippen LogP contribution in [0.25, 0.3) is 0 Å². The average Bonchev–Trinajstić information content (AvgIpc) is 2.97. The Morgan fingerprint density at radius 2 is 1.80 bits per heavy atom. The van der Waals surface area contributed by atoms with Crippen LogP contribution in [0.15, 0.2) is 41.2 Å². The number of rotatable bonds is 7. The zero-order valence-electron chi connectivity index (χ0n) is 12.2. The first-order valence-electron chi connectivity index (χ1n) is 6.89. The molecule has 4 heteroatoms. The van der Waals surface area contributed by atoms with Crippen molar-refractivity contribution in [2.24, 2.45) is 0 Å². The molecule has 1 heterocycles. The minimum Gasteiger partial charge on any atom is -0.490 e. The van der Waals surface area contributed by atoms with Gasteiger partial charge >= 0.3 is 0 Å². The highest BCUT2D eigenvalue weighted by atomic mass is 16.5. The van der Waals surface area contributed by atoms with Crippen LogP contribution in [0.5, 0.6) is 11.5 Å². The average molecular weight is 275 g/mol. The third kappa shape index (κ3) is 3.14. The van der Waals surface area contributed by atoms with E-state index in [9.17, 15) is 0 Å². The van der Waals surface area contributed by atoms with Crippen molar-refractivity contribution in [2.75, 3.05) is 20.3 Å². The predicted molar refractivity (Wildman–Crippen MR) is 78.4 cm³/mol. The highest BCUT2D eigenvalue weighted by Crippen LogP contribution is 2.32. The summed E-state index contributed by atoms with van der Waals surface area (Å²) >= 11 is 0. The van der Waals surface area contributed by atoms with Crippen LogP contribution in [-0.4, -0.2) is 20.3 Å². The van der Waals surface area contributed by atoms with Crippen LogP contribution in [0.4, 0.5) is 0 Å². The smallest absolute Gasteiger partial charge is 0.161 e. The summed E-state index contributed by atoms with van der Waals surface area (Å²) in [6.07, 6.45) is 3.43. The minimum absolute atomic E-state index is 0.0728. The van der Waals surface area contributed by atoms with Gasteiger partial charge in [0.25, 0.3) is 0 Å². The number of nitrogens with one attached hydrogen (secondary N) is 1. The Bertz CT molecular complexity index is 523. The van der Waals surface area contributed by atoms with E-state index in [4.69, 9.17) is 13.9 Å². The molecule has 2 rings (SSSR count). The largest absolute Gasteiger partial charge is 0.490 e. The number of ether oxygens (including phenoxy) is 2. The summed E-state index contributed by atoms with van der Waals surface area (Å²) in [6.45, 7) is 5.16. The zero-order valence-corrected chi connectivity index (χ0v) is 12.2. The van der Waals surface area contributed by atoms with Gasteiger partial charge in [-0.25, -0.2) is 0 Å². The topological polar surface area (TPSA) is 43.6 Å². The predicted octanol–water partition coefficient (Wildman–Crippen LogP) is 3.39. The van der Waals surface area contributed by atoms with Crippen LogP contribution < -0.4 is 14.8 Å². The van der Waals surface area contributed by atoms with E-state index >= 15 is 0 Å². The summed E-state index contributed by atoms with van der Waals surface area (Å²) in [5.41, 5.74) is 2.19. The molecule has 1 atom stereocenters. The molecular formula is C16H21NO3. The van der Waals surface area contributed by atoms with Gasteiger partial charge in [0.05, 0.1) is 31.8 Å². The second-order valence-electron chi connectivity index (χ2n) is 4.35. The van der Waals surface area contributed by atoms with Gasteiger partial charge in [0.15, 0.2) is 11.5 Å². The molecule has 0 aliphatic heterocycles. The van der Waals surface area contributed by atoms with Crippen molar-refractivity contribution in [3.05, 3.63) is 47.9 Å². The maximum atomic E-state index is 5.67. The van der Waals surface area contributed by atoms with Crippen molar-refractivity contribution in [3.8, 4) is 11.5 Å². The van der Waals surface area contributed by atoms with E-state index in [2.05, 4.69) is 5.32 Å². The molecule has 0 bridgehead atoms. The van der Waals surface area contributed by atoms with Crippen molar-refractivity contribution in [1.29, 1.82) is 0 Å². The van der Waals surface area contributed by atoms with E-state index in [1.165, 1.54) is 0 Å². The molecule has 0 saturated carbocycles. The van der Waals surface area contributed by atoms with Crippen LogP contribution >= 0.6 is 0 Å². The molecule has 20 heavy (non-hydrogen) atoms. The molecule has 1 aromatic heterocycles. The van der Waals surface area contributed by atoms with E-state index in [1.54, 1.807) is 12.5 Å². The Kier molecular flexibility index (Phi) is 5.07. The summed E-state index contributed by atoms with van der Waals surface area (Å²) in [5.74, 6) is 1.55. The highest BCUT2D eigenvalue weighted by molar-refractivity contribution is 5.45. The third-order valence-electron chi connectivity index (χ3n) is 3.07. The van der Waals surface area contributed by atoms with E-state index < -0.39 is 0 Å². The van der Waals surface area contributed by atoms with Crippen LogP contribution in [0.2, 0.25) is 0 Å². The second kappa shape index (κ2) is 7.01. The molecule has 0 amide bonds. The third-order valence-corrected chi connectivity index (χ3v) is 3.07. The molecule has 0 aliphatic carbocycles. The molecular weight excluding hydrogens is 254 g/mol. The Morgan fingerprint density at radius 3 is 2.40 bits per heavy atom. The zero-order chi connectivity index (χ0) is 14.4. The molecule has 108 valence electrons. The van der Waals surface area contributed by atoms with Gasteiger partial charge in [0, 0.05) is 5.56 Å². The molecule has 0 aliphatic rings. The normalized spacial score (nSPS) is 12.2. The first-order chi connectivity index (χ1) is 9.80. The lowest BCUT2D eigenvalue weighted by Crippen LogP contribution is -2.17. The molecule has 0 radical (unpaired) electrons. The molecule has 1 aromatic carbocycles. The molecule has 4 nitrogen and oxygen atoms in total. The number of hydrogen-bond acceptors (Lipinski definition) is 4. The Balaban J connectivity index is 2.33. The summed E-state index contributed by atoms with van der Waals surface area (Å²) in [5, 5.41) is 3.29. The lowest BCUT2D eigenvalue weighted by molar-refractivity contribution is 0.287. The number of hydrogen-bond donors (Lipinski definition) is 1. The Labute approximate surface area is 119 Å². The van der Waals surface area contributed by atoms with Crippen molar-refractivity contribution < 1.29 is 13.9 Å². The summed E-state index contributed by atoms with van der Waals surface area (Å²) in [7, 11) is 1.93. The molecule has 0 spiro atoms. The van der Waals surface area contributed by atoms with Gasteiger partial charge in [-0.1, -0.05) is 6.07 Å². The van der Waals surface area contributed by atoms with Gasteiger partial charge in [-0.2, -0.15) is 0 Å². The summed E-state index contributed by atoms with van der Waals surface area (Å²) in [4.78, 5) is 0. The highest BCUT2D eigenvalue weighted by Gasteiger charge is 2.16. The van der Waals surface area contributed by atoms with Crippen LogP contribution in [0.3, 0.4) is 0 Å². The van der Waals surface area contributed by atoms with Gasteiger partial charge in [-0.15, -0.1) is 0 Å². The van der Waals surface area contributed by atoms with Crippen molar-refractivity contribution >= 4 is 0 Å². The molecule has 2 aromatic rings. The van der Waals surface area contributed by atoms with Crippen LogP contribution in [-0.2, 0) is 0 Å². The lowest BCUT2D eigenvalue weighted by Gasteiger charge is -2.18. The first kappa shape index (κ1) is 14.5. The molecule has 1 N–H and O–H groups in total. The van der Waals surface area contributed by atoms with Gasteiger partial charge in [0.1, 0.15) is 0 Å². The Hall–Kier alpha value is -1.94. The standard InChI is InChI=1S/C16H21NO3/c1-4-19-14-7-6-12(10-15(14)20-5-2)16(17-3)13-8-9-18-11-13/h6-11,16-17H,4-5H2,1-3H3. The van der Waals surface area contributed by atoms with Crippen molar-refractivity contribution in [3.63, 3.8) is 0 Å². The fraction of sp³-hybridized carbons (Fsp3) is 0.375. The van der Waals surface area contributed by atoms with Gasteiger partial charge in [-0.3, -0.25) is 0 Å². The number of furan rings is 1. The fourth-order valence-electron chi connectivity index (χ4n) is 2.21. The summed E-state index contributed by atoms with van der Waals surface area (Å²) in [6, 6.07) is 8.04. The minimum atomic E-state index is 0.0728. The molecule has 0 fully saturated rings. The lowest BCUT2D eigenvalue weighted by atomic mass is 10.0. The maximum Gasteiger partial charge on any atom is 0.161 e. The molecule has 0 saturated heterocycles. The summed E-state index contributed by atoms with van der Waals surface area (Å²) < 4.78 is 16.4. The first-order valence-corrected chi connectivity index (χ1v) is 6.89. The van der Waals surface area contributed by atoms with Gasteiger partial charge in [-0.05, 0) is 44.7 Å². The van der Waals surface area contributed by atoms with Crippen molar-refractivity contribution in [1.82, 2.24) is 5.32 Å². The SMILES string of the molecule is CCOc1ccc(C(NC)c2ccoc2)cc1OCC. The van der Waals surface area contributed by atoms with Gasteiger partial charge in [0.2, 0.25) is 0 Å². The van der Waals surface area contributed by atoms with Crippen LogP contribution in [0, 0.1) is 0 Å². The second-order valence-corrected chi connectivity index (χ2v) is 4.35. The fourth-order valence-corrected chi connectivity index (χ4v) is 2.21. The van der Waals surface area contributed by atoms with E-state index in [0.717, 1.165) is 22.6 Å². The maximum absolute atomic E-state index is 5.67. The quantitative estimate of drug-likeness (QED) is 0.841. The van der Waals surface area contributed by atoms with E-state index in [0.29, 0.717) is 13.2 Å². The van der Waals surface area contributed by atoms with E-state index in [-0.39, 0.29) is 6.04 Å². The van der Waals surface area contributed by atoms with Crippen molar-refractivity contribution in [2.45, 2.75) is 19.9 Å². The van der Waals surface area contributed by atoms with E-state index in [1.807, 2.05) is 45.2 Å². The monoisotopic (exact) mass is 275 g/mol. The van der Waals surface area contributed by atoms with Gasteiger partial charge < -0.3 is 19.2 Å². The number of benzene rings is 1. The Morgan fingerprint density at radius 1 is 1.05 bits per heavy atom. The molecule has 1 unspecified atom stereocenters.